The van der Waals surface area contributed by atoms with Crippen molar-refractivity contribution in [3.05, 3.63) is 36.0 Å². The molecular formula is C11H14N2. The molecule has 0 aliphatic heterocycles. The standard InChI is InChI=1S/C11H14N2/c1-8(12)6-9-2-3-10-4-5-13-11(10)7-9/h2-5,7-8,13H,6,12H2,1H3/t8-/m0/s1. The topological polar surface area (TPSA) is 41.8 Å². The Morgan fingerprint density at radius 3 is 3.00 bits per heavy atom. The maximum Gasteiger partial charge on any atom is 0.0456 e. The third kappa shape index (κ3) is 1.73. The fourth-order valence-corrected chi connectivity index (χ4v) is 1.59. The van der Waals surface area contributed by atoms with Crippen LogP contribution in [0.3, 0.4) is 0 Å². The Kier molecular flexibility index (Phi) is 2.07. The van der Waals surface area contributed by atoms with Crippen molar-refractivity contribution in [2.45, 2.75) is 19.4 Å². The van der Waals surface area contributed by atoms with Crippen molar-refractivity contribution in [1.29, 1.82) is 0 Å². The van der Waals surface area contributed by atoms with Crippen molar-refractivity contribution in [3.63, 3.8) is 0 Å². The van der Waals surface area contributed by atoms with Gasteiger partial charge in [-0.3, -0.25) is 0 Å². The molecule has 0 aliphatic carbocycles. The maximum absolute atomic E-state index is 5.73. The van der Waals surface area contributed by atoms with Crippen molar-refractivity contribution < 1.29 is 0 Å². The minimum Gasteiger partial charge on any atom is -0.361 e. The Balaban J connectivity index is 2.37. The minimum atomic E-state index is 0.229. The molecular weight excluding hydrogens is 160 g/mol. The average molecular weight is 174 g/mol. The molecule has 0 fully saturated rings. The molecule has 0 unspecified atom stereocenters. The Labute approximate surface area is 77.8 Å². The minimum absolute atomic E-state index is 0.229. The molecule has 2 rings (SSSR count). The van der Waals surface area contributed by atoms with Gasteiger partial charge in [-0.15, -0.1) is 0 Å². The molecule has 0 radical (unpaired) electrons. The third-order valence-corrected chi connectivity index (χ3v) is 2.18. The van der Waals surface area contributed by atoms with E-state index >= 15 is 0 Å². The molecule has 2 nitrogen and oxygen atoms in total. The van der Waals surface area contributed by atoms with Gasteiger partial charge in [0, 0.05) is 17.8 Å². The maximum atomic E-state index is 5.73. The molecule has 0 saturated heterocycles. The highest BCUT2D eigenvalue weighted by Gasteiger charge is 1.99. The van der Waals surface area contributed by atoms with Gasteiger partial charge in [0.25, 0.3) is 0 Å². The summed E-state index contributed by atoms with van der Waals surface area (Å²) in [5, 5.41) is 1.26. The van der Waals surface area contributed by atoms with E-state index in [0.717, 1.165) is 6.42 Å². The van der Waals surface area contributed by atoms with Crippen LogP contribution in [0, 0.1) is 0 Å². The summed E-state index contributed by atoms with van der Waals surface area (Å²) in [5.74, 6) is 0. The lowest BCUT2D eigenvalue weighted by Gasteiger charge is -2.04. The molecule has 0 saturated carbocycles. The van der Waals surface area contributed by atoms with Gasteiger partial charge in [0.1, 0.15) is 0 Å². The molecule has 3 N–H and O–H groups in total. The molecule has 2 heteroatoms. The lowest BCUT2D eigenvalue weighted by molar-refractivity contribution is 0.739. The van der Waals surface area contributed by atoms with Gasteiger partial charge in [0.2, 0.25) is 0 Å². The van der Waals surface area contributed by atoms with Crippen LogP contribution in [0.25, 0.3) is 10.9 Å². The van der Waals surface area contributed by atoms with Crippen LogP contribution < -0.4 is 5.73 Å². The molecule has 1 aromatic heterocycles. The van der Waals surface area contributed by atoms with Gasteiger partial charge in [-0.05, 0) is 36.4 Å². The summed E-state index contributed by atoms with van der Waals surface area (Å²) in [5.41, 5.74) is 8.22. The first-order valence-electron chi connectivity index (χ1n) is 4.57. The number of rotatable bonds is 2. The second kappa shape index (κ2) is 3.23. The molecule has 13 heavy (non-hydrogen) atoms. The molecule has 68 valence electrons. The predicted octanol–water partition coefficient (Wildman–Crippen LogP) is 2.06. The second-order valence-electron chi connectivity index (χ2n) is 3.58. The van der Waals surface area contributed by atoms with Crippen molar-refractivity contribution in [2.24, 2.45) is 5.73 Å². The number of nitrogens with two attached hydrogens (primary N) is 1. The van der Waals surface area contributed by atoms with E-state index in [0.29, 0.717) is 0 Å². The molecule has 1 heterocycles. The van der Waals surface area contributed by atoms with Crippen molar-refractivity contribution in [3.8, 4) is 0 Å². The van der Waals surface area contributed by atoms with E-state index in [1.807, 2.05) is 13.1 Å². The summed E-state index contributed by atoms with van der Waals surface area (Å²) in [6.07, 6.45) is 2.90. The van der Waals surface area contributed by atoms with E-state index in [9.17, 15) is 0 Å². The quantitative estimate of drug-likeness (QED) is 0.719. The second-order valence-corrected chi connectivity index (χ2v) is 3.58. The lowest BCUT2D eigenvalue weighted by Crippen LogP contribution is -2.17. The summed E-state index contributed by atoms with van der Waals surface area (Å²) < 4.78 is 0. The summed E-state index contributed by atoms with van der Waals surface area (Å²) in [6, 6.07) is 8.74. The smallest absolute Gasteiger partial charge is 0.0456 e. The highest BCUT2D eigenvalue weighted by molar-refractivity contribution is 5.79. The van der Waals surface area contributed by atoms with Crippen molar-refractivity contribution in [1.82, 2.24) is 4.98 Å². The lowest BCUT2D eigenvalue weighted by atomic mass is 10.1. The number of hydrogen-bond acceptors (Lipinski definition) is 1. The number of hydrogen-bond donors (Lipinski definition) is 2. The Hall–Kier alpha value is -1.28. The van der Waals surface area contributed by atoms with E-state index in [-0.39, 0.29) is 6.04 Å². The number of benzene rings is 1. The van der Waals surface area contributed by atoms with Crippen LogP contribution in [0.15, 0.2) is 30.5 Å². The van der Waals surface area contributed by atoms with E-state index < -0.39 is 0 Å². The van der Waals surface area contributed by atoms with Gasteiger partial charge in [0.15, 0.2) is 0 Å². The first-order chi connectivity index (χ1) is 6.25. The van der Waals surface area contributed by atoms with E-state index in [4.69, 9.17) is 5.73 Å². The highest BCUT2D eigenvalue weighted by Crippen LogP contribution is 2.14. The van der Waals surface area contributed by atoms with Gasteiger partial charge in [-0.1, -0.05) is 12.1 Å². The van der Waals surface area contributed by atoms with Crippen LogP contribution in [-0.2, 0) is 6.42 Å². The van der Waals surface area contributed by atoms with E-state index in [2.05, 4.69) is 29.2 Å². The van der Waals surface area contributed by atoms with Gasteiger partial charge in [0.05, 0.1) is 0 Å². The number of fused-ring (bicyclic) bond motifs is 1. The summed E-state index contributed by atoms with van der Waals surface area (Å²) >= 11 is 0. The fraction of sp³-hybridized carbons (Fsp3) is 0.273. The number of nitrogens with one attached hydrogen (secondary N) is 1. The first kappa shape index (κ1) is 8.32. The van der Waals surface area contributed by atoms with Crippen molar-refractivity contribution >= 4 is 10.9 Å². The number of aromatic amines is 1. The largest absolute Gasteiger partial charge is 0.361 e. The highest BCUT2D eigenvalue weighted by atomic mass is 14.7. The average Bonchev–Trinajstić information content (AvgIpc) is 2.49. The molecule has 1 atom stereocenters. The normalized spacial score (nSPS) is 13.4. The Morgan fingerprint density at radius 1 is 1.38 bits per heavy atom. The zero-order valence-corrected chi connectivity index (χ0v) is 7.75. The SMILES string of the molecule is C[C@H](N)Cc1ccc2cc[nH]c2c1. The van der Waals surface area contributed by atoms with Crippen LogP contribution in [0.1, 0.15) is 12.5 Å². The van der Waals surface area contributed by atoms with Crippen molar-refractivity contribution in [2.75, 3.05) is 0 Å². The Morgan fingerprint density at radius 2 is 2.23 bits per heavy atom. The third-order valence-electron chi connectivity index (χ3n) is 2.18. The molecule has 0 aliphatic rings. The van der Waals surface area contributed by atoms with Crippen LogP contribution in [-0.4, -0.2) is 11.0 Å². The Bertz CT molecular complexity index is 401. The number of H-pyrrole nitrogens is 1. The molecule has 0 bridgehead atoms. The van der Waals surface area contributed by atoms with Gasteiger partial charge >= 0.3 is 0 Å². The summed E-state index contributed by atoms with van der Waals surface area (Å²) in [7, 11) is 0. The van der Waals surface area contributed by atoms with Crippen LogP contribution >= 0.6 is 0 Å². The predicted molar refractivity (Wildman–Crippen MR) is 55.7 cm³/mol. The van der Waals surface area contributed by atoms with Crippen LogP contribution in [0.5, 0.6) is 0 Å². The fourth-order valence-electron chi connectivity index (χ4n) is 1.59. The molecule has 1 aromatic carbocycles. The molecule has 0 spiro atoms. The van der Waals surface area contributed by atoms with Gasteiger partial charge < -0.3 is 10.7 Å². The zero-order chi connectivity index (χ0) is 9.26. The van der Waals surface area contributed by atoms with Crippen LogP contribution in [0.4, 0.5) is 0 Å². The monoisotopic (exact) mass is 174 g/mol. The number of aromatic nitrogens is 1. The van der Waals surface area contributed by atoms with E-state index in [1.165, 1.54) is 16.5 Å². The first-order valence-corrected chi connectivity index (χ1v) is 4.57. The summed E-state index contributed by atoms with van der Waals surface area (Å²) in [4.78, 5) is 3.19. The summed E-state index contributed by atoms with van der Waals surface area (Å²) in [6.45, 7) is 2.03. The van der Waals surface area contributed by atoms with Gasteiger partial charge in [-0.25, -0.2) is 0 Å². The molecule has 0 amide bonds. The van der Waals surface area contributed by atoms with Gasteiger partial charge in [-0.2, -0.15) is 0 Å². The zero-order valence-electron chi connectivity index (χ0n) is 7.75. The van der Waals surface area contributed by atoms with E-state index in [1.54, 1.807) is 0 Å². The van der Waals surface area contributed by atoms with Crippen LogP contribution in [0.2, 0.25) is 0 Å². The molecule has 2 aromatic rings.